The van der Waals surface area contributed by atoms with Crippen molar-refractivity contribution in [3.63, 3.8) is 0 Å². The maximum atomic E-state index is 12.7. The van der Waals surface area contributed by atoms with Gasteiger partial charge in [-0.25, -0.2) is 0 Å². The van der Waals surface area contributed by atoms with Crippen LogP contribution >= 0.6 is 15.9 Å². The number of halogens is 1. The molecule has 0 N–H and O–H groups in total. The molecule has 0 saturated carbocycles. The SMILES string of the molecule is CCn1ncc(OC)c1C(=O)c1ccc(Br)cc1OC. The summed E-state index contributed by atoms with van der Waals surface area (Å²) in [4.78, 5) is 12.7. The number of carbonyl (C=O) groups excluding carboxylic acids is 1. The van der Waals surface area contributed by atoms with E-state index in [2.05, 4.69) is 21.0 Å². The third-order valence-corrected chi connectivity index (χ3v) is 3.44. The summed E-state index contributed by atoms with van der Waals surface area (Å²) in [6.45, 7) is 2.51. The number of ether oxygens (including phenoxy) is 2. The molecule has 0 aliphatic rings. The van der Waals surface area contributed by atoms with Crippen molar-refractivity contribution < 1.29 is 14.3 Å². The van der Waals surface area contributed by atoms with Crippen LogP contribution in [0.15, 0.2) is 28.9 Å². The topological polar surface area (TPSA) is 53.4 Å². The highest BCUT2D eigenvalue weighted by Crippen LogP contribution is 2.28. The average Bonchev–Trinajstić information content (AvgIpc) is 2.89. The van der Waals surface area contributed by atoms with Crippen LogP contribution in [0.3, 0.4) is 0 Å². The van der Waals surface area contributed by atoms with Gasteiger partial charge in [0.2, 0.25) is 5.78 Å². The molecule has 0 fully saturated rings. The van der Waals surface area contributed by atoms with Gasteiger partial charge in [-0.05, 0) is 25.1 Å². The minimum absolute atomic E-state index is 0.175. The van der Waals surface area contributed by atoms with Crippen LogP contribution in [0, 0.1) is 0 Å². The van der Waals surface area contributed by atoms with E-state index < -0.39 is 0 Å². The fourth-order valence-corrected chi connectivity index (χ4v) is 2.31. The second-order valence-electron chi connectivity index (χ2n) is 4.05. The predicted octanol–water partition coefficient (Wildman–Crippen LogP) is 2.91. The van der Waals surface area contributed by atoms with Gasteiger partial charge in [0.15, 0.2) is 11.4 Å². The van der Waals surface area contributed by atoms with E-state index in [1.807, 2.05) is 6.92 Å². The Kier molecular flexibility index (Phi) is 4.44. The van der Waals surface area contributed by atoms with E-state index in [-0.39, 0.29) is 5.78 Å². The normalized spacial score (nSPS) is 10.4. The van der Waals surface area contributed by atoms with Crippen LogP contribution < -0.4 is 9.47 Å². The lowest BCUT2D eigenvalue weighted by Gasteiger charge is -2.10. The summed E-state index contributed by atoms with van der Waals surface area (Å²) in [7, 11) is 3.06. The lowest BCUT2D eigenvalue weighted by Crippen LogP contribution is -2.12. The molecule has 0 atom stereocenters. The van der Waals surface area contributed by atoms with E-state index in [1.54, 1.807) is 29.1 Å². The summed E-state index contributed by atoms with van der Waals surface area (Å²) in [5, 5.41) is 4.15. The van der Waals surface area contributed by atoms with Crippen LogP contribution in [0.1, 0.15) is 23.0 Å². The molecular weight excluding hydrogens is 324 g/mol. The Morgan fingerprint density at radius 1 is 1.30 bits per heavy atom. The second kappa shape index (κ2) is 6.09. The van der Waals surface area contributed by atoms with Crippen LogP contribution in [0.4, 0.5) is 0 Å². The van der Waals surface area contributed by atoms with E-state index in [0.717, 1.165) is 4.47 Å². The van der Waals surface area contributed by atoms with Crippen LogP contribution in [-0.2, 0) is 6.54 Å². The first-order valence-corrected chi connectivity index (χ1v) is 6.89. The third kappa shape index (κ3) is 2.56. The van der Waals surface area contributed by atoms with Gasteiger partial charge in [0.05, 0.1) is 26.0 Å². The predicted molar refractivity (Wildman–Crippen MR) is 78.6 cm³/mol. The minimum atomic E-state index is -0.175. The molecule has 6 heteroatoms. The number of methoxy groups -OCH3 is 2. The van der Waals surface area contributed by atoms with E-state index in [1.165, 1.54) is 14.2 Å². The highest BCUT2D eigenvalue weighted by atomic mass is 79.9. The maximum absolute atomic E-state index is 12.7. The molecule has 2 aromatic rings. The van der Waals surface area contributed by atoms with Gasteiger partial charge >= 0.3 is 0 Å². The zero-order chi connectivity index (χ0) is 14.7. The molecule has 1 heterocycles. The van der Waals surface area contributed by atoms with Crippen molar-refractivity contribution >= 4 is 21.7 Å². The van der Waals surface area contributed by atoms with Gasteiger partial charge < -0.3 is 9.47 Å². The standard InChI is InChI=1S/C14H15BrN2O3/c1-4-17-13(12(20-3)8-16-17)14(18)10-6-5-9(15)7-11(10)19-2/h5-8H,4H2,1-3H3. The average molecular weight is 339 g/mol. The van der Waals surface area contributed by atoms with Crippen molar-refractivity contribution in [3.8, 4) is 11.5 Å². The monoisotopic (exact) mass is 338 g/mol. The number of rotatable bonds is 5. The Hall–Kier alpha value is -1.82. The molecule has 0 aliphatic carbocycles. The van der Waals surface area contributed by atoms with Crippen molar-refractivity contribution in [3.05, 3.63) is 40.1 Å². The molecule has 0 bridgehead atoms. The van der Waals surface area contributed by atoms with E-state index in [0.29, 0.717) is 29.3 Å². The number of nitrogens with zero attached hydrogens (tertiary/aromatic N) is 2. The molecule has 0 spiro atoms. The summed E-state index contributed by atoms with van der Waals surface area (Å²) in [6, 6.07) is 5.28. The van der Waals surface area contributed by atoms with Crippen LogP contribution in [0.2, 0.25) is 0 Å². The fraction of sp³-hybridized carbons (Fsp3) is 0.286. The summed E-state index contributed by atoms with van der Waals surface area (Å²) in [6.07, 6.45) is 1.54. The van der Waals surface area contributed by atoms with Gasteiger partial charge in [-0.15, -0.1) is 0 Å². The fourth-order valence-electron chi connectivity index (χ4n) is 1.97. The number of ketones is 1. The molecule has 20 heavy (non-hydrogen) atoms. The summed E-state index contributed by atoms with van der Waals surface area (Å²) in [5.41, 5.74) is 0.903. The molecule has 0 aliphatic heterocycles. The van der Waals surface area contributed by atoms with Gasteiger partial charge in [-0.1, -0.05) is 15.9 Å². The lowest BCUT2D eigenvalue weighted by molar-refractivity contribution is 0.102. The Morgan fingerprint density at radius 2 is 2.00 bits per heavy atom. The van der Waals surface area contributed by atoms with E-state index in [9.17, 15) is 4.79 Å². The highest BCUT2D eigenvalue weighted by Gasteiger charge is 2.23. The second-order valence-corrected chi connectivity index (χ2v) is 4.97. The number of aryl methyl sites for hydroxylation is 1. The number of hydrogen-bond donors (Lipinski definition) is 0. The number of carbonyl (C=O) groups is 1. The highest BCUT2D eigenvalue weighted by molar-refractivity contribution is 9.10. The molecule has 106 valence electrons. The van der Waals surface area contributed by atoms with Gasteiger partial charge in [-0.2, -0.15) is 5.10 Å². The van der Waals surface area contributed by atoms with Crippen molar-refractivity contribution in [1.29, 1.82) is 0 Å². The Labute approximate surface area is 125 Å². The van der Waals surface area contributed by atoms with Crippen molar-refractivity contribution in [1.82, 2.24) is 9.78 Å². The van der Waals surface area contributed by atoms with Crippen molar-refractivity contribution in [2.45, 2.75) is 13.5 Å². The molecule has 5 nitrogen and oxygen atoms in total. The van der Waals surface area contributed by atoms with E-state index >= 15 is 0 Å². The Morgan fingerprint density at radius 3 is 2.60 bits per heavy atom. The minimum Gasteiger partial charge on any atom is -0.496 e. The van der Waals surface area contributed by atoms with Crippen molar-refractivity contribution in [2.75, 3.05) is 14.2 Å². The van der Waals surface area contributed by atoms with Crippen LogP contribution in [0.5, 0.6) is 11.5 Å². The molecule has 0 amide bonds. The first kappa shape index (κ1) is 14.6. The number of hydrogen-bond acceptors (Lipinski definition) is 4. The smallest absolute Gasteiger partial charge is 0.218 e. The zero-order valence-corrected chi connectivity index (χ0v) is 13.1. The Balaban J connectivity index is 2.54. The molecule has 0 unspecified atom stereocenters. The largest absolute Gasteiger partial charge is 0.496 e. The van der Waals surface area contributed by atoms with E-state index in [4.69, 9.17) is 9.47 Å². The molecule has 1 aromatic carbocycles. The zero-order valence-electron chi connectivity index (χ0n) is 11.5. The molecule has 0 saturated heterocycles. The lowest BCUT2D eigenvalue weighted by atomic mass is 10.1. The molecule has 1 aromatic heterocycles. The van der Waals surface area contributed by atoms with Gasteiger partial charge in [0.25, 0.3) is 0 Å². The molecular formula is C14H15BrN2O3. The quantitative estimate of drug-likeness (QED) is 0.786. The molecule has 0 radical (unpaired) electrons. The van der Waals surface area contributed by atoms with Gasteiger partial charge in [0, 0.05) is 11.0 Å². The first-order valence-electron chi connectivity index (χ1n) is 6.10. The first-order chi connectivity index (χ1) is 9.62. The van der Waals surface area contributed by atoms with Crippen molar-refractivity contribution in [2.24, 2.45) is 0 Å². The third-order valence-electron chi connectivity index (χ3n) is 2.95. The maximum Gasteiger partial charge on any atom is 0.218 e. The summed E-state index contributed by atoms with van der Waals surface area (Å²) < 4.78 is 12.9. The van der Waals surface area contributed by atoms with Crippen LogP contribution in [0.25, 0.3) is 0 Å². The number of aromatic nitrogens is 2. The molecule has 2 rings (SSSR count). The van der Waals surface area contributed by atoms with Gasteiger partial charge in [-0.3, -0.25) is 9.48 Å². The summed E-state index contributed by atoms with van der Waals surface area (Å²) >= 11 is 3.36. The Bertz CT molecular complexity index is 616. The van der Waals surface area contributed by atoms with Crippen LogP contribution in [-0.4, -0.2) is 29.8 Å². The van der Waals surface area contributed by atoms with Gasteiger partial charge in [0.1, 0.15) is 5.75 Å². The number of benzene rings is 1. The summed E-state index contributed by atoms with van der Waals surface area (Å²) in [5.74, 6) is 0.794.